The molecule has 3 nitrogen and oxygen atoms in total. The van der Waals surface area contributed by atoms with Gasteiger partial charge in [0.25, 0.3) is 0 Å². The second kappa shape index (κ2) is 7.88. The zero-order valence-electron chi connectivity index (χ0n) is 6.24. The first kappa shape index (κ1) is 8.88. The molecule has 0 saturated heterocycles. The van der Waals surface area contributed by atoms with Gasteiger partial charge in [-0.1, -0.05) is 6.92 Å². The molecule has 0 heterocycles. The van der Waals surface area contributed by atoms with E-state index in [0.29, 0.717) is 0 Å². The van der Waals surface area contributed by atoms with Crippen LogP contribution in [0.5, 0.6) is 0 Å². The van der Waals surface area contributed by atoms with Gasteiger partial charge in [0.15, 0.2) is 0 Å². The van der Waals surface area contributed by atoms with Crippen LogP contribution in [0, 0.1) is 0 Å². The highest BCUT2D eigenvalue weighted by Crippen LogP contribution is 1.74. The van der Waals surface area contributed by atoms with Gasteiger partial charge in [0, 0.05) is 6.54 Å². The molecule has 0 aromatic rings. The van der Waals surface area contributed by atoms with E-state index in [4.69, 9.17) is 4.84 Å². The summed E-state index contributed by atoms with van der Waals surface area (Å²) in [6, 6.07) is 0. The standard InChI is InChI=1S/C6H16N2O/c1-3-8-9-6-4-5-7-2/h7-8H,3-6H2,1-2H3. The van der Waals surface area contributed by atoms with E-state index < -0.39 is 0 Å². The summed E-state index contributed by atoms with van der Waals surface area (Å²) in [4.78, 5) is 4.99. The van der Waals surface area contributed by atoms with E-state index in [0.717, 1.165) is 26.1 Å². The Labute approximate surface area is 56.7 Å². The Kier molecular flexibility index (Phi) is 7.77. The largest absolute Gasteiger partial charge is 0.320 e. The molecule has 0 fully saturated rings. The zero-order valence-corrected chi connectivity index (χ0v) is 6.24. The van der Waals surface area contributed by atoms with Gasteiger partial charge in [-0.2, -0.15) is 0 Å². The normalized spacial score (nSPS) is 10.0. The SMILES string of the molecule is CCNOCCCNC. The Bertz CT molecular complexity index is 44.3. The van der Waals surface area contributed by atoms with Crippen molar-refractivity contribution in [1.29, 1.82) is 0 Å². The van der Waals surface area contributed by atoms with Gasteiger partial charge in [-0.15, -0.1) is 0 Å². The molecule has 0 radical (unpaired) electrons. The number of hydrogen-bond donors (Lipinski definition) is 2. The van der Waals surface area contributed by atoms with Crippen molar-refractivity contribution in [3.8, 4) is 0 Å². The molecule has 0 aromatic carbocycles. The third-order valence-corrected chi connectivity index (χ3v) is 0.920. The van der Waals surface area contributed by atoms with Crippen LogP contribution in [0.1, 0.15) is 13.3 Å². The van der Waals surface area contributed by atoms with Crippen LogP contribution in [-0.2, 0) is 4.84 Å². The maximum Gasteiger partial charge on any atom is 0.0694 e. The second-order valence-electron chi connectivity index (χ2n) is 1.80. The molecule has 56 valence electrons. The highest BCUT2D eigenvalue weighted by molar-refractivity contribution is 4.37. The fraction of sp³-hybridized carbons (Fsp3) is 1.00. The Morgan fingerprint density at radius 3 is 2.78 bits per heavy atom. The third-order valence-electron chi connectivity index (χ3n) is 0.920. The lowest BCUT2D eigenvalue weighted by Crippen LogP contribution is -2.17. The van der Waals surface area contributed by atoms with Crippen LogP contribution in [0.25, 0.3) is 0 Å². The average Bonchev–Trinajstić information content (AvgIpc) is 1.89. The molecule has 0 spiro atoms. The quantitative estimate of drug-likeness (QED) is 0.398. The predicted octanol–water partition coefficient (Wildman–Crippen LogP) is 0.137. The van der Waals surface area contributed by atoms with Crippen molar-refractivity contribution in [3.63, 3.8) is 0 Å². The summed E-state index contributed by atoms with van der Waals surface area (Å²) in [5.74, 6) is 0. The summed E-state index contributed by atoms with van der Waals surface area (Å²) in [6.07, 6.45) is 1.06. The number of hydroxylamine groups is 1. The van der Waals surface area contributed by atoms with Crippen LogP contribution in [0.15, 0.2) is 0 Å². The van der Waals surface area contributed by atoms with E-state index >= 15 is 0 Å². The molecule has 0 aliphatic heterocycles. The molecule has 0 amide bonds. The van der Waals surface area contributed by atoms with Crippen LogP contribution < -0.4 is 10.8 Å². The molecule has 2 N–H and O–H groups in total. The molecular formula is C6H16N2O. The molecule has 0 aliphatic rings. The van der Waals surface area contributed by atoms with E-state index in [1.165, 1.54) is 0 Å². The van der Waals surface area contributed by atoms with Crippen molar-refractivity contribution in [3.05, 3.63) is 0 Å². The maximum absolute atomic E-state index is 4.99. The minimum absolute atomic E-state index is 0.786. The van der Waals surface area contributed by atoms with Crippen molar-refractivity contribution in [2.45, 2.75) is 13.3 Å². The lowest BCUT2D eigenvalue weighted by molar-refractivity contribution is 0.0433. The van der Waals surface area contributed by atoms with Gasteiger partial charge >= 0.3 is 0 Å². The van der Waals surface area contributed by atoms with Gasteiger partial charge in [-0.3, -0.25) is 0 Å². The first-order valence-electron chi connectivity index (χ1n) is 3.41. The third kappa shape index (κ3) is 7.88. The zero-order chi connectivity index (χ0) is 6.95. The molecule has 0 rings (SSSR count). The fourth-order valence-electron chi connectivity index (χ4n) is 0.495. The van der Waals surface area contributed by atoms with Crippen molar-refractivity contribution >= 4 is 0 Å². The molecule has 0 saturated carbocycles. The first-order chi connectivity index (χ1) is 4.41. The molecule has 0 aromatic heterocycles. The van der Waals surface area contributed by atoms with E-state index in [2.05, 4.69) is 10.8 Å². The number of rotatable bonds is 6. The molecule has 9 heavy (non-hydrogen) atoms. The van der Waals surface area contributed by atoms with Crippen molar-refractivity contribution < 1.29 is 4.84 Å². The second-order valence-corrected chi connectivity index (χ2v) is 1.80. The highest BCUT2D eigenvalue weighted by Gasteiger charge is 1.83. The smallest absolute Gasteiger partial charge is 0.0694 e. The van der Waals surface area contributed by atoms with Gasteiger partial charge in [0.05, 0.1) is 6.61 Å². The maximum atomic E-state index is 4.99. The minimum atomic E-state index is 0.786. The minimum Gasteiger partial charge on any atom is -0.320 e. The predicted molar refractivity (Wildman–Crippen MR) is 38.2 cm³/mol. The van der Waals surface area contributed by atoms with Crippen LogP contribution in [0.3, 0.4) is 0 Å². The van der Waals surface area contributed by atoms with Gasteiger partial charge in [-0.05, 0) is 20.0 Å². The van der Waals surface area contributed by atoms with E-state index in [9.17, 15) is 0 Å². The summed E-state index contributed by atoms with van der Waals surface area (Å²) in [5.41, 5.74) is 2.78. The van der Waals surface area contributed by atoms with E-state index in [1.54, 1.807) is 0 Å². The molecule has 0 unspecified atom stereocenters. The molecule has 0 atom stereocenters. The lowest BCUT2D eigenvalue weighted by Gasteiger charge is -2.01. The number of nitrogens with one attached hydrogen (secondary N) is 2. The summed E-state index contributed by atoms with van der Waals surface area (Å²) in [7, 11) is 1.94. The van der Waals surface area contributed by atoms with Crippen molar-refractivity contribution in [1.82, 2.24) is 10.8 Å². The Morgan fingerprint density at radius 2 is 2.22 bits per heavy atom. The highest BCUT2D eigenvalue weighted by atomic mass is 16.6. The molecule has 3 heteroatoms. The average molecular weight is 132 g/mol. The van der Waals surface area contributed by atoms with Gasteiger partial charge in [0.2, 0.25) is 0 Å². The van der Waals surface area contributed by atoms with Crippen molar-refractivity contribution in [2.75, 3.05) is 26.7 Å². The molecule has 0 aliphatic carbocycles. The van der Waals surface area contributed by atoms with Gasteiger partial charge in [-0.25, -0.2) is 5.48 Å². The van der Waals surface area contributed by atoms with Crippen LogP contribution in [-0.4, -0.2) is 26.7 Å². The van der Waals surface area contributed by atoms with E-state index in [1.807, 2.05) is 14.0 Å². The first-order valence-corrected chi connectivity index (χ1v) is 3.41. The van der Waals surface area contributed by atoms with Gasteiger partial charge < -0.3 is 10.2 Å². The topological polar surface area (TPSA) is 33.3 Å². The Hall–Kier alpha value is -0.120. The lowest BCUT2D eigenvalue weighted by atomic mass is 10.5. The Balaban J connectivity index is 2.60. The van der Waals surface area contributed by atoms with Crippen LogP contribution in [0.2, 0.25) is 0 Å². The number of hydrogen-bond acceptors (Lipinski definition) is 3. The summed E-state index contributed by atoms with van der Waals surface area (Å²) < 4.78 is 0. The summed E-state index contributed by atoms with van der Waals surface area (Å²) in [6.45, 7) is 4.69. The molecule has 0 bridgehead atoms. The van der Waals surface area contributed by atoms with Crippen LogP contribution in [0.4, 0.5) is 0 Å². The van der Waals surface area contributed by atoms with E-state index in [-0.39, 0.29) is 0 Å². The van der Waals surface area contributed by atoms with Gasteiger partial charge in [0.1, 0.15) is 0 Å². The van der Waals surface area contributed by atoms with Crippen molar-refractivity contribution in [2.24, 2.45) is 0 Å². The fourth-order valence-corrected chi connectivity index (χ4v) is 0.495. The molecular weight excluding hydrogens is 116 g/mol. The van der Waals surface area contributed by atoms with Crippen LogP contribution >= 0.6 is 0 Å². The summed E-state index contributed by atoms with van der Waals surface area (Å²) in [5, 5.41) is 3.04. The Morgan fingerprint density at radius 1 is 1.44 bits per heavy atom. The summed E-state index contributed by atoms with van der Waals surface area (Å²) >= 11 is 0. The monoisotopic (exact) mass is 132 g/mol.